The van der Waals surface area contributed by atoms with Gasteiger partial charge in [0.1, 0.15) is 0 Å². The molecule has 2 rings (SSSR count). The molecular weight excluding hydrogens is 294 g/mol. The van der Waals surface area contributed by atoms with Gasteiger partial charge in [0.05, 0.1) is 0 Å². The first-order valence-corrected chi connectivity index (χ1v) is 5.39. The van der Waals surface area contributed by atoms with Crippen molar-refractivity contribution in [3.63, 3.8) is 0 Å². The summed E-state index contributed by atoms with van der Waals surface area (Å²) < 4.78 is 3.28. The Morgan fingerprint density at radius 1 is 1.40 bits per heavy atom. The Morgan fingerprint density at radius 3 is 2.70 bits per heavy atom. The molecule has 1 aliphatic heterocycles. The normalized spacial score (nSPS) is 28.7. The third-order valence-electron chi connectivity index (χ3n) is 2.76. The van der Waals surface area contributed by atoms with Crippen molar-refractivity contribution in [2.75, 3.05) is 19.6 Å². The second-order valence-electron chi connectivity index (χ2n) is 3.60. The molecule has 1 nitrogen and oxygen atoms in total. The molecule has 55 valence electrons. The fraction of sp³-hybridized carbons (Fsp3) is 0.875. The van der Waals surface area contributed by atoms with Gasteiger partial charge in [0, 0.05) is 0 Å². The van der Waals surface area contributed by atoms with Crippen LogP contribution in [-0.4, -0.2) is 24.5 Å². The SMILES string of the molecule is [W]#[C]CN1CCC2(CC2)C1. The summed E-state index contributed by atoms with van der Waals surface area (Å²) in [5.74, 6) is 0. The van der Waals surface area contributed by atoms with Crippen LogP contribution in [0.1, 0.15) is 19.3 Å². The molecule has 1 spiro atoms. The fourth-order valence-electron chi connectivity index (χ4n) is 1.84. The first-order valence-electron chi connectivity index (χ1n) is 3.92. The zero-order valence-corrected chi connectivity index (χ0v) is 9.03. The van der Waals surface area contributed by atoms with E-state index in [0.29, 0.717) is 0 Å². The molecule has 10 heavy (non-hydrogen) atoms. The molecule has 2 heteroatoms. The summed E-state index contributed by atoms with van der Waals surface area (Å²) in [6.45, 7) is 3.82. The molecule has 0 aromatic heterocycles. The van der Waals surface area contributed by atoms with Crippen molar-refractivity contribution in [3.8, 4) is 4.20 Å². The summed E-state index contributed by atoms with van der Waals surface area (Å²) in [4.78, 5) is 2.54. The van der Waals surface area contributed by atoms with Gasteiger partial charge in [0.2, 0.25) is 0 Å². The zero-order valence-electron chi connectivity index (χ0n) is 6.10. The van der Waals surface area contributed by atoms with Crippen molar-refractivity contribution < 1.29 is 19.2 Å². The van der Waals surface area contributed by atoms with Crippen LogP contribution >= 0.6 is 0 Å². The number of hydrogen-bond donors (Lipinski definition) is 0. The molecule has 2 fully saturated rings. The van der Waals surface area contributed by atoms with Crippen LogP contribution in [0.25, 0.3) is 0 Å². The van der Waals surface area contributed by atoms with Crippen molar-refractivity contribution in [1.82, 2.24) is 4.90 Å². The van der Waals surface area contributed by atoms with E-state index in [0.717, 1.165) is 12.0 Å². The second-order valence-corrected chi connectivity index (χ2v) is 4.64. The van der Waals surface area contributed by atoms with Gasteiger partial charge >= 0.3 is 72.6 Å². The summed E-state index contributed by atoms with van der Waals surface area (Å²) >= 11 is 1.49. The van der Waals surface area contributed by atoms with Crippen LogP contribution in [0, 0.1) is 9.62 Å². The van der Waals surface area contributed by atoms with Crippen molar-refractivity contribution >= 4 is 0 Å². The van der Waals surface area contributed by atoms with Crippen LogP contribution < -0.4 is 0 Å². The summed E-state index contributed by atoms with van der Waals surface area (Å²) in [5.41, 5.74) is 0.812. The van der Waals surface area contributed by atoms with Gasteiger partial charge in [0.15, 0.2) is 0 Å². The minimum atomic E-state index is 0.812. The molecule has 0 bridgehead atoms. The van der Waals surface area contributed by atoms with Gasteiger partial charge in [-0.2, -0.15) is 0 Å². The Hall–Kier alpha value is 0.428. The Morgan fingerprint density at radius 2 is 2.20 bits per heavy atom. The number of likely N-dealkylation sites (tertiary alicyclic amines) is 1. The van der Waals surface area contributed by atoms with Crippen LogP contribution in [0.15, 0.2) is 0 Å². The standard InChI is InChI=1S/C8H12N.W/c1-2-9-6-5-8(7-9)3-4-8;/h2-7H2;. The number of nitrogens with zero attached hydrogens (tertiary/aromatic N) is 1. The van der Waals surface area contributed by atoms with E-state index in [4.69, 9.17) is 0 Å². The van der Waals surface area contributed by atoms with Gasteiger partial charge in [-0.05, 0) is 0 Å². The van der Waals surface area contributed by atoms with Crippen LogP contribution in [0.5, 0.6) is 0 Å². The van der Waals surface area contributed by atoms with Crippen LogP contribution in [0.4, 0.5) is 0 Å². The van der Waals surface area contributed by atoms with Gasteiger partial charge in [-0.3, -0.25) is 0 Å². The van der Waals surface area contributed by atoms with Crippen molar-refractivity contribution in [3.05, 3.63) is 0 Å². The molecule has 1 heterocycles. The molecule has 0 atom stereocenters. The maximum absolute atomic E-state index is 3.28. The van der Waals surface area contributed by atoms with Crippen molar-refractivity contribution in [2.24, 2.45) is 5.41 Å². The number of rotatable bonds is 1. The van der Waals surface area contributed by atoms with E-state index in [1.165, 1.54) is 51.5 Å². The van der Waals surface area contributed by atoms with Crippen LogP contribution in [0.3, 0.4) is 0 Å². The molecule has 0 radical (unpaired) electrons. The number of hydrogen-bond acceptors (Lipinski definition) is 1. The van der Waals surface area contributed by atoms with E-state index >= 15 is 0 Å². The van der Waals surface area contributed by atoms with Crippen molar-refractivity contribution in [2.45, 2.75) is 19.3 Å². The average Bonchev–Trinajstić information content (AvgIpc) is 2.52. The predicted octanol–water partition coefficient (Wildman–Crippen LogP) is 0.978. The van der Waals surface area contributed by atoms with E-state index in [1.54, 1.807) is 0 Å². The van der Waals surface area contributed by atoms with Gasteiger partial charge in [0.25, 0.3) is 0 Å². The minimum absolute atomic E-state index is 0.812. The van der Waals surface area contributed by atoms with E-state index in [2.05, 4.69) is 9.10 Å². The maximum atomic E-state index is 3.28. The third kappa shape index (κ3) is 1.23. The quantitative estimate of drug-likeness (QED) is 0.698. The Kier molecular flexibility index (Phi) is 1.76. The van der Waals surface area contributed by atoms with Crippen LogP contribution in [0.2, 0.25) is 0 Å². The summed E-state index contributed by atoms with van der Waals surface area (Å²) in [6.07, 6.45) is 4.46. The average molecular weight is 306 g/mol. The summed E-state index contributed by atoms with van der Waals surface area (Å²) in [6, 6.07) is 0. The third-order valence-corrected chi connectivity index (χ3v) is 3.23. The molecule has 0 N–H and O–H groups in total. The Balaban J connectivity index is 1.89. The zero-order chi connectivity index (χ0) is 7.03. The summed E-state index contributed by atoms with van der Waals surface area (Å²) in [5, 5.41) is 0. The molecule has 0 amide bonds. The van der Waals surface area contributed by atoms with Gasteiger partial charge in [-0.15, -0.1) is 0 Å². The van der Waals surface area contributed by atoms with E-state index in [9.17, 15) is 0 Å². The molecule has 2 aliphatic rings. The first kappa shape index (κ1) is 7.10. The van der Waals surface area contributed by atoms with Crippen molar-refractivity contribution in [1.29, 1.82) is 0 Å². The van der Waals surface area contributed by atoms with Gasteiger partial charge in [-0.25, -0.2) is 0 Å². The Labute approximate surface area is 72.8 Å². The molecular formula is C8H12NW. The molecule has 0 aromatic carbocycles. The molecule has 1 saturated carbocycles. The topological polar surface area (TPSA) is 3.24 Å². The fourth-order valence-corrected chi connectivity index (χ4v) is 2.49. The molecule has 0 unspecified atom stereocenters. The van der Waals surface area contributed by atoms with Gasteiger partial charge in [-0.1, -0.05) is 0 Å². The molecule has 1 saturated heterocycles. The molecule has 0 aromatic rings. The van der Waals surface area contributed by atoms with E-state index in [1.807, 2.05) is 0 Å². The van der Waals surface area contributed by atoms with Gasteiger partial charge < -0.3 is 0 Å². The first-order chi connectivity index (χ1) is 4.85. The second kappa shape index (κ2) is 2.48. The molecule has 1 aliphatic carbocycles. The summed E-state index contributed by atoms with van der Waals surface area (Å²) in [7, 11) is 0. The Bertz CT molecular complexity index is 178. The predicted molar refractivity (Wildman–Crippen MR) is 36.6 cm³/mol. The van der Waals surface area contributed by atoms with Crippen LogP contribution in [-0.2, 0) is 19.2 Å². The monoisotopic (exact) mass is 306 g/mol. The van der Waals surface area contributed by atoms with E-state index in [-0.39, 0.29) is 0 Å². The van der Waals surface area contributed by atoms with E-state index < -0.39 is 0 Å².